The number of hydrogen-bond donors (Lipinski definition) is 2. The van der Waals surface area contributed by atoms with Gasteiger partial charge in [-0.05, 0) is 19.9 Å². The number of fused-ring (bicyclic) bond motifs is 1. The molecule has 96 valence electrons. The molecule has 4 heteroatoms. The molecule has 2 rings (SSSR count). The first-order valence-electron chi connectivity index (χ1n) is 6.11. The number of para-hydroxylation sites is 1. The number of aliphatic hydroxyl groups is 1. The van der Waals surface area contributed by atoms with Crippen molar-refractivity contribution in [2.24, 2.45) is 7.05 Å². The van der Waals surface area contributed by atoms with Gasteiger partial charge in [0.05, 0.1) is 6.10 Å². The number of benzene rings is 1. The highest BCUT2D eigenvalue weighted by atomic mass is 16.3. The Morgan fingerprint density at radius 1 is 1.44 bits per heavy atom. The number of aryl methyl sites for hydroxylation is 1. The summed E-state index contributed by atoms with van der Waals surface area (Å²) in [6.07, 6.45) is -0.672. The molecule has 1 amide bonds. The summed E-state index contributed by atoms with van der Waals surface area (Å²) < 4.78 is 1.84. The first kappa shape index (κ1) is 12.6. The minimum absolute atomic E-state index is 0.146. The monoisotopic (exact) mass is 246 g/mol. The van der Waals surface area contributed by atoms with Crippen LogP contribution in [0.15, 0.2) is 24.3 Å². The lowest BCUT2D eigenvalue weighted by Crippen LogP contribution is -2.26. The zero-order chi connectivity index (χ0) is 13.3. The predicted molar refractivity (Wildman–Crippen MR) is 71.6 cm³/mol. The van der Waals surface area contributed by atoms with E-state index in [-0.39, 0.29) is 5.91 Å². The Labute approximate surface area is 106 Å². The summed E-state index contributed by atoms with van der Waals surface area (Å²) in [5.41, 5.74) is 2.18. The van der Waals surface area contributed by atoms with E-state index in [4.69, 9.17) is 0 Å². The molecule has 0 aliphatic heterocycles. The van der Waals surface area contributed by atoms with Crippen LogP contribution >= 0.6 is 0 Å². The quantitative estimate of drug-likeness (QED) is 0.870. The number of carbonyl (C=O) groups excluding carboxylic acids is 1. The van der Waals surface area contributed by atoms with Gasteiger partial charge in [-0.2, -0.15) is 0 Å². The number of aromatic nitrogens is 1. The fraction of sp³-hybridized carbons (Fsp3) is 0.357. The minimum Gasteiger partial charge on any atom is -0.389 e. The molecule has 0 saturated heterocycles. The van der Waals surface area contributed by atoms with Gasteiger partial charge >= 0.3 is 0 Å². The molecule has 0 aliphatic rings. The van der Waals surface area contributed by atoms with Crippen LogP contribution in [0, 0.1) is 0 Å². The summed E-state index contributed by atoms with van der Waals surface area (Å²) in [6.45, 7) is 4.13. The Morgan fingerprint density at radius 2 is 2.11 bits per heavy atom. The van der Waals surface area contributed by atoms with Gasteiger partial charge in [0.25, 0.3) is 5.91 Å². The molecule has 2 aromatic rings. The van der Waals surface area contributed by atoms with Gasteiger partial charge in [-0.25, -0.2) is 0 Å². The number of carbonyl (C=O) groups is 1. The summed E-state index contributed by atoms with van der Waals surface area (Å²) in [5.74, 6) is -0.146. The Balaban J connectivity index is 2.74. The largest absolute Gasteiger partial charge is 0.389 e. The lowest BCUT2D eigenvalue weighted by atomic mass is 10.1. The smallest absolute Gasteiger partial charge is 0.268 e. The summed E-state index contributed by atoms with van der Waals surface area (Å²) >= 11 is 0. The molecular weight excluding hydrogens is 228 g/mol. The maximum absolute atomic E-state index is 12.1. The van der Waals surface area contributed by atoms with Crippen molar-refractivity contribution in [3.8, 4) is 0 Å². The van der Waals surface area contributed by atoms with Gasteiger partial charge in [-0.3, -0.25) is 4.79 Å². The molecule has 0 unspecified atom stereocenters. The van der Waals surface area contributed by atoms with E-state index >= 15 is 0 Å². The standard InChI is InChI=1S/C14H18N2O2/c1-4-15-14(18)13-12(9(2)17)10-7-5-6-8-11(10)16(13)3/h5-9,17H,4H2,1-3H3,(H,15,18)/t9-/m0/s1. The number of aliphatic hydroxyl groups excluding tert-OH is 1. The second-order valence-corrected chi connectivity index (χ2v) is 4.37. The molecule has 0 fully saturated rings. The molecule has 18 heavy (non-hydrogen) atoms. The summed E-state index contributed by atoms with van der Waals surface area (Å²) in [7, 11) is 1.85. The maximum atomic E-state index is 12.1. The van der Waals surface area contributed by atoms with Crippen LogP contribution in [-0.4, -0.2) is 22.1 Å². The molecule has 1 aromatic heterocycles. The van der Waals surface area contributed by atoms with Crippen molar-refractivity contribution in [3.63, 3.8) is 0 Å². The summed E-state index contributed by atoms with van der Waals surface area (Å²) in [6, 6.07) is 7.72. The van der Waals surface area contributed by atoms with E-state index in [0.717, 1.165) is 10.9 Å². The third kappa shape index (κ3) is 1.88. The first-order valence-corrected chi connectivity index (χ1v) is 6.11. The van der Waals surface area contributed by atoms with Gasteiger partial charge in [-0.15, -0.1) is 0 Å². The average molecular weight is 246 g/mol. The molecule has 1 heterocycles. The van der Waals surface area contributed by atoms with Crippen molar-refractivity contribution in [1.82, 2.24) is 9.88 Å². The van der Waals surface area contributed by atoms with Gasteiger partial charge in [0.1, 0.15) is 5.69 Å². The Bertz CT molecular complexity index is 585. The summed E-state index contributed by atoms with van der Waals surface area (Å²) in [5, 5.41) is 13.7. The number of amides is 1. The van der Waals surface area contributed by atoms with Gasteiger partial charge in [-0.1, -0.05) is 18.2 Å². The zero-order valence-corrected chi connectivity index (χ0v) is 10.9. The second kappa shape index (κ2) is 4.82. The molecule has 0 bridgehead atoms. The zero-order valence-electron chi connectivity index (χ0n) is 10.9. The molecular formula is C14H18N2O2. The highest BCUT2D eigenvalue weighted by Gasteiger charge is 2.22. The van der Waals surface area contributed by atoms with Crippen LogP contribution in [0.5, 0.6) is 0 Å². The van der Waals surface area contributed by atoms with Crippen molar-refractivity contribution in [1.29, 1.82) is 0 Å². The third-order valence-corrected chi connectivity index (χ3v) is 3.12. The number of hydrogen-bond acceptors (Lipinski definition) is 2. The van der Waals surface area contributed by atoms with Crippen LogP contribution in [0.1, 0.15) is 36.0 Å². The lowest BCUT2D eigenvalue weighted by Gasteiger charge is -2.09. The van der Waals surface area contributed by atoms with Crippen LogP contribution in [0.3, 0.4) is 0 Å². The molecule has 0 radical (unpaired) electrons. The van der Waals surface area contributed by atoms with E-state index in [9.17, 15) is 9.90 Å². The number of rotatable bonds is 3. The van der Waals surface area contributed by atoms with E-state index in [1.807, 2.05) is 42.8 Å². The summed E-state index contributed by atoms with van der Waals surface area (Å²) in [4.78, 5) is 12.1. The van der Waals surface area contributed by atoms with Crippen LogP contribution in [0.4, 0.5) is 0 Å². The molecule has 4 nitrogen and oxygen atoms in total. The highest BCUT2D eigenvalue weighted by Crippen LogP contribution is 2.30. The van der Waals surface area contributed by atoms with Crippen molar-refractivity contribution in [3.05, 3.63) is 35.5 Å². The van der Waals surface area contributed by atoms with E-state index < -0.39 is 6.10 Å². The number of nitrogens with zero attached hydrogens (tertiary/aromatic N) is 1. The minimum atomic E-state index is -0.672. The van der Waals surface area contributed by atoms with Gasteiger partial charge < -0.3 is 15.0 Å². The van der Waals surface area contributed by atoms with E-state index in [1.165, 1.54) is 0 Å². The van der Waals surface area contributed by atoms with Crippen LogP contribution < -0.4 is 5.32 Å². The lowest BCUT2D eigenvalue weighted by molar-refractivity contribution is 0.0941. The Hall–Kier alpha value is -1.81. The van der Waals surface area contributed by atoms with Gasteiger partial charge in [0, 0.05) is 30.1 Å². The second-order valence-electron chi connectivity index (χ2n) is 4.37. The maximum Gasteiger partial charge on any atom is 0.268 e. The predicted octanol–water partition coefficient (Wildman–Crippen LogP) is 1.98. The SMILES string of the molecule is CCNC(=O)c1c([C@H](C)O)c2ccccc2n1C. The van der Waals surface area contributed by atoms with E-state index in [0.29, 0.717) is 17.8 Å². The van der Waals surface area contributed by atoms with Crippen molar-refractivity contribution in [2.45, 2.75) is 20.0 Å². The fourth-order valence-electron chi connectivity index (χ4n) is 2.36. The van der Waals surface area contributed by atoms with Gasteiger partial charge in [0.15, 0.2) is 0 Å². The first-order chi connectivity index (χ1) is 8.57. The third-order valence-electron chi connectivity index (χ3n) is 3.12. The highest BCUT2D eigenvalue weighted by molar-refractivity contribution is 6.02. The topological polar surface area (TPSA) is 54.3 Å². The molecule has 1 atom stereocenters. The van der Waals surface area contributed by atoms with Crippen LogP contribution in [0.2, 0.25) is 0 Å². The normalized spacial score (nSPS) is 12.7. The van der Waals surface area contributed by atoms with Crippen LogP contribution in [-0.2, 0) is 7.05 Å². The van der Waals surface area contributed by atoms with Crippen molar-refractivity contribution < 1.29 is 9.90 Å². The van der Waals surface area contributed by atoms with Crippen molar-refractivity contribution in [2.75, 3.05) is 6.54 Å². The molecule has 0 spiro atoms. The average Bonchev–Trinajstić information content (AvgIpc) is 2.64. The van der Waals surface area contributed by atoms with Crippen molar-refractivity contribution >= 4 is 16.8 Å². The molecule has 0 saturated carbocycles. The molecule has 1 aromatic carbocycles. The molecule has 0 aliphatic carbocycles. The van der Waals surface area contributed by atoms with E-state index in [2.05, 4.69) is 5.32 Å². The van der Waals surface area contributed by atoms with Crippen LogP contribution in [0.25, 0.3) is 10.9 Å². The van der Waals surface area contributed by atoms with E-state index in [1.54, 1.807) is 6.92 Å². The fourth-order valence-corrected chi connectivity index (χ4v) is 2.36. The number of nitrogens with one attached hydrogen (secondary N) is 1. The Kier molecular flexibility index (Phi) is 3.39. The Morgan fingerprint density at radius 3 is 2.72 bits per heavy atom. The molecule has 2 N–H and O–H groups in total. The van der Waals surface area contributed by atoms with Gasteiger partial charge in [0.2, 0.25) is 0 Å².